The van der Waals surface area contributed by atoms with Crippen LogP contribution in [0.1, 0.15) is 50.8 Å². The van der Waals surface area contributed by atoms with Crippen LogP contribution in [0.15, 0.2) is 10.5 Å². The molecule has 1 heterocycles. The Morgan fingerprint density at radius 1 is 1.35 bits per heavy atom. The highest BCUT2D eigenvalue weighted by Crippen LogP contribution is 2.21. The lowest BCUT2D eigenvalue weighted by Gasteiger charge is -2.29. The lowest BCUT2D eigenvalue weighted by atomic mass is 10.1. The minimum atomic E-state index is -0.545. The second-order valence-electron chi connectivity index (χ2n) is 5.63. The highest BCUT2D eigenvalue weighted by atomic mass is 16.3. The second kappa shape index (κ2) is 6.79. The molecule has 0 radical (unpaired) electrons. The molecular formula is C15H26N2O3. The Morgan fingerprint density at radius 2 is 1.95 bits per heavy atom. The van der Waals surface area contributed by atoms with E-state index in [4.69, 9.17) is 4.42 Å². The molecule has 0 aliphatic carbocycles. The predicted octanol–water partition coefficient (Wildman–Crippen LogP) is 2.76. The van der Waals surface area contributed by atoms with Crippen LogP contribution in [0.5, 0.6) is 0 Å². The first-order valence-corrected chi connectivity index (χ1v) is 7.04. The van der Waals surface area contributed by atoms with Crippen LogP contribution in [-0.4, -0.2) is 34.7 Å². The maximum Gasteiger partial charge on any atom is 0.318 e. The summed E-state index contributed by atoms with van der Waals surface area (Å²) in [6.45, 7) is 11.6. The molecular weight excluding hydrogens is 256 g/mol. The van der Waals surface area contributed by atoms with Crippen LogP contribution in [0.25, 0.3) is 0 Å². The average molecular weight is 282 g/mol. The molecule has 0 bridgehead atoms. The number of aliphatic hydroxyl groups excluding tert-OH is 1. The molecule has 2 atom stereocenters. The zero-order chi connectivity index (χ0) is 15.4. The molecule has 5 heteroatoms. The first-order chi connectivity index (χ1) is 9.22. The summed E-state index contributed by atoms with van der Waals surface area (Å²) < 4.78 is 5.48. The van der Waals surface area contributed by atoms with E-state index in [1.807, 2.05) is 40.7 Å². The number of furan rings is 1. The molecule has 2 N–H and O–H groups in total. The van der Waals surface area contributed by atoms with Crippen molar-refractivity contribution in [3.8, 4) is 0 Å². The number of hydrogen-bond acceptors (Lipinski definition) is 3. The van der Waals surface area contributed by atoms with E-state index in [1.54, 1.807) is 11.8 Å². The van der Waals surface area contributed by atoms with E-state index in [0.29, 0.717) is 6.54 Å². The fourth-order valence-electron chi connectivity index (χ4n) is 2.24. The van der Waals surface area contributed by atoms with Crippen LogP contribution in [0.4, 0.5) is 4.79 Å². The van der Waals surface area contributed by atoms with E-state index in [9.17, 15) is 9.90 Å². The van der Waals surface area contributed by atoms with Crippen LogP contribution >= 0.6 is 0 Å². The molecule has 2 unspecified atom stereocenters. The summed E-state index contributed by atoms with van der Waals surface area (Å²) in [6, 6.07) is 1.67. The molecule has 0 spiro atoms. The van der Waals surface area contributed by atoms with Gasteiger partial charge in [-0.3, -0.25) is 0 Å². The largest absolute Gasteiger partial charge is 0.466 e. The molecule has 20 heavy (non-hydrogen) atoms. The molecule has 1 aromatic rings. The van der Waals surface area contributed by atoms with Gasteiger partial charge in [0.2, 0.25) is 0 Å². The fourth-order valence-corrected chi connectivity index (χ4v) is 2.24. The molecule has 0 saturated carbocycles. The monoisotopic (exact) mass is 282 g/mol. The van der Waals surface area contributed by atoms with Crippen molar-refractivity contribution in [2.75, 3.05) is 6.54 Å². The summed E-state index contributed by atoms with van der Waals surface area (Å²) in [6.07, 6.45) is -0.545. The number of nitrogens with one attached hydrogen (secondary N) is 1. The number of rotatable bonds is 5. The van der Waals surface area contributed by atoms with E-state index >= 15 is 0 Å². The van der Waals surface area contributed by atoms with Gasteiger partial charge >= 0.3 is 6.03 Å². The Kier molecular flexibility index (Phi) is 5.62. The molecule has 0 aliphatic rings. The average Bonchev–Trinajstić information content (AvgIpc) is 2.64. The Bertz CT molecular complexity index is 452. The number of aliphatic hydroxyl groups is 1. The topological polar surface area (TPSA) is 65.7 Å². The molecule has 0 fully saturated rings. The SMILES string of the molecule is Cc1cc(C(C)NC(=O)N(CC(C)O)C(C)C)c(C)o1. The Hall–Kier alpha value is -1.49. The molecule has 114 valence electrons. The van der Waals surface area contributed by atoms with Gasteiger partial charge in [0, 0.05) is 18.2 Å². The second-order valence-corrected chi connectivity index (χ2v) is 5.63. The van der Waals surface area contributed by atoms with E-state index < -0.39 is 6.10 Å². The van der Waals surface area contributed by atoms with Crippen LogP contribution in [0.2, 0.25) is 0 Å². The van der Waals surface area contributed by atoms with Crippen molar-refractivity contribution < 1.29 is 14.3 Å². The van der Waals surface area contributed by atoms with Crippen molar-refractivity contribution in [2.45, 2.75) is 59.7 Å². The molecule has 2 amide bonds. The van der Waals surface area contributed by atoms with E-state index in [-0.39, 0.29) is 18.1 Å². The van der Waals surface area contributed by atoms with Crippen molar-refractivity contribution in [3.63, 3.8) is 0 Å². The highest BCUT2D eigenvalue weighted by molar-refractivity contribution is 5.75. The number of carbonyl (C=O) groups is 1. The summed E-state index contributed by atoms with van der Waals surface area (Å²) in [5.74, 6) is 1.66. The quantitative estimate of drug-likeness (QED) is 0.872. The fraction of sp³-hybridized carbons (Fsp3) is 0.667. The van der Waals surface area contributed by atoms with Crippen molar-refractivity contribution in [3.05, 3.63) is 23.2 Å². The summed E-state index contributed by atoms with van der Waals surface area (Å²) in [5.41, 5.74) is 0.983. The summed E-state index contributed by atoms with van der Waals surface area (Å²) >= 11 is 0. The third-order valence-electron chi connectivity index (χ3n) is 3.23. The standard InChI is InChI=1S/C15H26N2O3/c1-9(2)17(8-10(3)18)15(19)16-12(5)14-7-11(4)20-13(14)6/h7,9-10,12,18H,8H2,1-6H3,(H,16,19). The van der Waals surface area contributed by atoms with Gasteiger partial charge in [0.1, 0.15) is 11.5 Å². The zero-order valence-corrected chi connectivity index (χ0v) is 13.2. The minimum Gasteiger partial charge on any atom is -0.466 e. The number of urea groups is 1. The van der Waals surface area contributed by atoms with E-state index in [0.717, 1.165) is 17.1 Å². The van der Waals surface area contributed by atoms with Crippen LogP contribution in [0, 0.1) is 13.8 Å². The van der Waals surface area contributed by atoms with Gasteiger partial charge in [0.25, 0.3) is 0 Å². The first-order valence-electron chi connectivity index (χ1n) is 7.04. The lowest BCUT2D eigenvalue weighted by Crippen LogP contribution is -2.47. The van der Waals surface area contributed by atoms with Gasteiger partial charge in [-0.1, -0.05) is 0 Å². The van der Waals surface area contributed by atoms with Gasteiger partial charge in [-0.05, 0) is 47.6 Å². The van der Waals surface area contributed by atoms with Gasteiger partial charge in [-0.2, -0.15) is 0 Å². The number of amides is 2. The van der Waals surface area contributed by atoms with Gasteiger partial charge in [-0.15, -0.1) is 0 Å². The molecule has 0 saturated heterocycles. The maximum atomic E-state index is 12.3. The normalized spacial score (nSPS) is 14.2. The van der Waals surface area contributed by atoms with Crippen LogP contribution in [-0.2, 0) is 0 Å². The summed E-state index contributed by atoms with van der Waals surface area (Å²) in [4.78, 5) is 13.9. The number of carbonyl (C=O) groups excluding carboxylic acids is 1. The van der Waals surface area contributed by atoms with Crippen LogP contribution < -0.4 is 5.32 Å². The summed E-state index contributed by atoms with van der Waals surface area (Å²) in [7, 11) is 0. The van der Waals surface area contributed by atoms with Crippen molar-refractivity contribution in [1.82, 2.24) is 10.2 Å². The predicted molar refractivity (Wildman–Crippen MR) is 78.7 cm³/mol. The Morgan fingerprint density at radius 3 is 2.35 bits per heavy atom. The number of aryl methyl sites for hydroxylation is 2. The van der Waals surface area contributed by atoms with Gasteiger partial charge in [0.15, 0.2) is 0 Å². The van der Waals surface area contributed by atoms with Crippen molar-refractivity contribution >= 4 is 6.03 Å². The lowest BCUT2D eigenvalue weighted by molar-refractivity contribution is 0.117. The van der Waals surface area contributed by atoms with Gasteiger partial charge in [-0.25, -0.2) is 4.79 Å². The maximum absolute atomic E-state index is 12.3. The third kappa shape index (κ3) is 4.27. The van der Waals surface area contributed by atoms with Crippen molar-refractivity contribution in [1.29, 1.82) is 0 Å². The molecule has 1 aromatic heterocycles. The van der Waals surface area contributed by atoms with Gasteiger partial charge < -0.3 is 19.7 Å². The third-order valence-corrected chi connectivity index (χ3v) is 3.23. The molecule has 0 aliphatic heterocycles. The number of hydrogen-bond donors (Lipinski definition) is 2. The molecule has 0 aromatic carbocycles. The van der Waals surface area contributed by atoms with E-state index in [2.05, 4.69) is 5.32 Å². The minimum absolute atomic E-state index is 0.0315. The molecule has 5 nitrogen and oxygen atoms in total. The zero-order valence-electron chi connectivity index (χ0n) is 13.2. The van der Waals surface area contributed by atoms with Crippen LogP contribution in [0.3, 0.4) is 0 Å². The smallest absolute Gasteiger partial charge is 0.318 e. The summed E-state index contributed by atoms with van der Waals surface area (Å²) in [5, 5.41) is 12.4. The molecule has 1 rings (SSSR count). The Labute approximate surface area is 121 Å². The number of nitrogens with zero attached hydrogens (tertiary/aromatic N) is 1. The van der Waals surface area contributed by atoms with Gasteiger partial charge in [0.05, 0.1) is 12.1 Å². The Balaban J connectivity index is 2.75. The van der Waals surface area contributed by atoms with Crippen molar-refractivity contribution in [2.24, 2.45) is 0 Å². The first kappa shape index (κ1) is 16.6. The van der Waals surface area contributed by atoms with E-state index in [1.165, 1.54) is 0 Å². The highest BCUT2D eigenvalue weighted by Gasteiger charge is 2.22.